The Morgan fingerprint density at radius 2 is 1.90 bits per heavy atom. The van der Waals surface area contributed by atoms with Crippen molar-refractivity contribution in [2.24, 2.45) is 4.99 Å². The number of benzene rings is 1. The summed E-state index contributed by atoms with van der Waals surface area (Å²) in [5.41, 5.74) is -0.698. The van der Waals surface area contributed by atoms with Crippen molar-refractivity contribution in [3.05, 3.63) is 53.5 Å². The minimum absolute atomic E-state index is 0.0651. The molecule has 10 heteroatoms. The Bertz CT molecular complexity index is 905. The molecule has 2 aromatic rings. The molecular weight excluding hydrogens is 413 g/mol. The third-order valence-electron chi connectivity index (χ3n) is 4.95. The molecule has 0 radical (unpaired) electrons. The zero-order valence-electron chi connectivity index (χ0n) is 17.4. The van der Waals surface area contributed by atoms with Crippen LogP contribution in [0.2, 0.25) is 0 Å². The van der Waals surface area contributed by atoms with E-state index in [1.54, 1.807) is 17.0 Å². The molecule has 0 unspecified atom stereocenters. The minimum atomic E-state index is -4.50. The summed E-state index contributed by atoms with van der Waals surface area (Å²) in [6.45, 7) is 4.26. The fourth-order valence-corrected chi connectivity index (χ4v) is 3.35. The van der Waals surface area contributed by atoms with Gasteiger partial charge in [0, 0.05) is 32.7 Å². The summed E-state index contributed by atoms with van der Waals surface area (Å²) in [5.74, 6) is 0.758. The van der Waals surface area contributed by atoms with Crippen LogP contribution in [0.3, 0.4) is 0 Å². The molecule has 1 aromatic heterocycles. The topological polar surface area (TPSA) is 70.3 Å². The Labute approximate surface area is 178 Å². The van der Waals surface area contributed by atoms with Crippen molar-refractivity contribution >= 4 is 11.9 Å². The number of piperazine rings is 1. The van der Waals surface area contributed by atoms with E-state index in [0.29, 0.717) is 38.7 Å². The summed E-state index contributed by atoms with van der Waals surface area (Å²) in [4.78, 5) is 20.5. The van der Waals surface area contributed by atoms with Crippen LogP contribution >= 0.6 is 0 Å². The number of carbonyl (C=O) groups excluding carboxylic acids is 1. The van der Waals surface area contributed by atoms with E-state index in [4.69, 9.17) is 9.15 Å². The highest BCUT2D eigenvalue weighted by Gasteiger charge is 2.34. The summed E-state index contributed by atoms with van der Waals surface area (Å²) in [7, 11) is 1.33. The molecule has 168 valence electrons. The maximum absolute atomic E-state index is 13.5. The quantitative estimate of drug-likeness (QED) is 0.574. The van der Waals surface area contributed by atoms with Gasteiger partial charge in [-0.25, -0.2) is 4.99 Å². The Hall–Kier alpha value is -3.17. The number of hydrogen-bond donors (Lipinski definition) is 1. The molecule has 2 heterocycles. The van der Waals surface area contributed by atoms with Crippen molar-refractivity contribution in [1.82, 2.24) is 15.1 Å². The van der Waals surface area contributed by atoms with Crippen LogP contribution < -0.4 is 10.1 Å². The van der Waals surface area contributed by atoms with Crippen LogP contribution in [0.25, 0.3) is 0 Å². The van der Waals surface area contributed by atoms with Crippen molar-refractivity contribution in [2.75, 3.05) is 39.8 Å². The van der Waals surface area contributed by atoms with Gasteiger partial charge >= 0.3 is 6.18 Å². The van der Waals surface area contributed by atoms with Crippen LogP contribution in [0.4, 0.5) is 13.2 Å². The van der Waals surface area contributed by atoms with Gasteiger partial charge in [0.05, 0.1) is 25.5 Å². The van der Waals surface area contributed by atoms with Crippen molar-refractivity contribution < 1.29 is 27.1 Å². The number of halogens is 3. The Balaban J connectivity index is 1.71. The average Bonchev–Trinajstić information content (AvgIpc) is 3.30. The van der Waals surface area contributed by atoms with E-state index in [9.17, 15) is 18.0 Å². The smallest absolute Gasteiger partial charge is 0.416 e. The zero-order valence-corrected chi connectivity index (χ0v) is 17.4. The van der Waals surface area contributed by atoms with Gasteiger partial charge in [0.25, 0.3) is 5.91 Å². The summed E-state index contributed by atoms with van der Waals surface area (Å²) in [6.07, 6.45) is -3.05. The molecule has 0 saturated carbocycles. The fraction of sp³-hybridized carbons (Fsp3) is 0.429. The highest BCUT2D eigenvalue weighted by atomic mass is 19.4. The third kappa shape index (κ3) is 5.50. The fourth-order valence-electron chi connectivity index (χ4n) is 3.35. The van der Waals surface area contributed by atoms with Gasteiger partial charge in [0.1, 0.15) is 5.75 Å². The van der Waals surface area contributed by atoms with E-state index < -0.39 is 11.7 Å². The molecule has 1 saturated heterocycles. The lowest BCUT2D eigenvalue weighted by Crippen LogP contribution is -2.53. The SMILES string of the molecule is CCNC(=NCc1ccc(OC)cc1C(F)(F)F)N1CCN(C(=O)c2ccco2)CC1. The van der Waals surface area contributed by atoms with Gasteiger partial charge in [0.15, 0.2) is 11.7 Å². The molecule has 1 aliphatic heterocycles. The van der Waals surface area contributed by atoms with Crippen LogP contribution in [0, 0.1) is 0 Å². The molecule has 7 nitrogen and oxygen atoms in total. The van der Waals surface area contributed by atoms with Gasteiger partial charge in [-0.15, -0.1) is 0 Å². The highest BCUT2D eigenvalue weighted by Crippen LogP contribution is 2.34. The first-order valence-electron chi connectivity index (χ1n) is 9.93. The highest BCUT2D eigenvalue weighted by molar-refractivity contribution is 5.91. The molecule has 31 heavy (non-hydrogen) atoms. The van der Waals surface area contributed by atoms with Crippen LogP contribution in [0.5, 0.6) is 5.75 Å². The number of hydrogen-bond acceptors (Lipinski definition) is 4. The normalized spacial score (nSPS) is 15.2. The summed E-state index contributed by atoms with van der Waals surface area (Å²) >= 11 is 0. The zero-order chi connectivity index (χ0) is 22.4. The first kappa shape index (κ1) is 22.5. The Morgan fingerprint density at radius 1 is 1.19 bits per heavy atom. The van der Waals surface area contributed by atoms with Crippen molar-refractivity contribution in [3.63, 3.8) is 0 Å². The lowest BCUT2D eigenvalue weighted by Gasteiger charge is -2.36. The van der Waals surface area contributed by atoms with Crippen LogP contribution in [0.15, 0.2) is 46.0 Å². The van der Waals surface area contributed by atoms with E-state index in [1.165, 1.54) is 25.5 Å². The number of alkyl halides is 3. The summed E-state index contributed by atoms with van der Waals surface area (Å²) in [6, 6.07) is 7.14. The number of guanidine groups is 1. The first-order chi connectivity index (χ1) is 14.8. The number of carbonyl (C=O) groups is 1. The third-order valence-corrected chi connectivity index (χ3v) is 4.95. The van der Waals surface area contributed by atoms with Gasteiger partial charge in [-0.05, 0) is 36.8 Å². The van der Waals surface area contributed by atoms with Crippen LogP contribution in [-0.2, 0) is 12.7 Å². The first-order valence-corrected chi connectivity index (χ1v) is 9.93. The van der Waals surface area contributed by atoms with Gasteiger partial charge < -0.3 is 24.3 Å². The van der Waals surface area contributed by atoms with Gasteiger partial charge in [-0.3, -0.25) is 4.79 Å². The predicted molar refractivity (Wildman–Crippen MR) is 109 cm³/mol. The molecular formula is C21H25F3N4O3. The van der Waals surface area contributed by atoms with Crippen LogP contribution in [0.1, 0.15) is 28.6 Å². The van der Waals surface area contributed by atoms with Crippen molar-refractivity contribution in [1.29, 1.82) is 0 Å². The molecule has 0 bridgehead atoms. The van der Waals surface area contributed by atoms with E-state index in [1.807, 2.05) is 11.8 Å². The Morgan fingerprint density at radius 3 is 2.48 bits per heavy atom. The summed E-state index contributed by atoms with van der Waals surface area (Å²) in [5, 5.41) is 3.12. The van der Waals surface area contributed by atoms with Crippen molar-refractivity contribution in [3.8, 4) is 5.75 Å². The lowest BCUT2D eigenvalue weighted by molar-refractivity contribution is -0.138. The van der Waals surface area contributed by atoms with Crippen LogP contribution in [-0.4, -0.2) is 61.5 Å². The molecule has 1 aliphatic rings. The molecule has 1 fully saturated rings. The largest absolute Gasteiger partial charge is 0.497 e. The number of nitrogens with one attached hydrogen (secondary N) is 1. The van der Waals surface area contributed by atoms with Crippen molar-refractivity contribution in [2.45, 2.75) is 19.6 Å². The maximum atomic E-state index is 13.5. The second kappa shape index (κ2) is 9.76. The maximum Gasteiger partial charge on any atom is 0.416 e. The number of aliphatic imine (C=N–C) groups is 1. The average molecular weight is 438 g/mol. The van der Waals surface area contributed by atoms with E-state index in [-0.39, 0.29) is 29.5 Å². The van der Waals surface area contributed by atoms with E-state index in [2.05, 4.69) is 10.3 Å². The number of methoxy groups -OCH3 is 1. The monoisotopic (exact) mass is 438 g/mol. The number of ether oxygens (including phenoxy) is 1. The molecule has 1 aromatic carbocycles. The molecule has 1 N–H and O–H groups in total. The predicted octanol–water partition coefficient (Wildman–Crippen LogP) is 3.23. The van der Waals surface area contributed by atoms with E-state index >= 15 is 0 Å². The molecule has 1 amide bonds. The summed E-state index contributed by atoms with van der Waals surface area (Å²) < 4.78 is 50.4. The lowest BCUT2D eigenvalue weighted by atomic mass is 10.1. The standard InChI is InChI=1S/C21H25F3N4O3/c1-3-25-20(26-14-15-6-7-16(30-2)13-17(15)21(22,23)24)28-10-8-27(9-11-28)19(29)18-5-4-12-31-18/h4-7,12-13H,3,8-11,14H2,1-2H3,(H,25,26). The van der Waals surface area contributed by atoms with E-state index in [0.717, 1.165) is 6.07 Å². The number of furan rings is 1. The van der Waals surface area contributed by atoms with Gasteiger partial charge in [0.2, 0.25) is 0 Å². The molecule has 3 rings (SSSR count). The second-order valence-electron chi connectivity index (χ2n) is 6.95. The number of nitrogens with zero attached hydrogens (tertiary/aromatic N) is 3. The van der Waals surface area contributed by atoms with Gasteiger partial charge in [-0.1, -0.05) is 6.07 Å². The number of rotatable bonds is 5. The minimum Gasteiger partial charge on any atom is -0.497 e. The molecule has 0 atom stereocenters. The molecule has 0 aliphatic carbocycles. The number of amides is 1. The Kier molecular flexibility index (Phi) is 7.09. The molecule has 0 spiro atoms. The second-order valence-corrected chi connectivity index (χ2v) is 6.95. The van der Waals surface area contributed by atoms with Gasteiger partial charge in [-0.2, -0.15) is 13.2 Å².